The molecule has 0 aliphatic heterocycles. The van der Waals surface area contributed by atoms with Gasteiger partial charge in [-0.15, -0.1) is 0 Å². The third-order valence-electron chi connectivity index (χ3n) is 4.14. The van der Waals surface area contributed by atoms with Crippen molar-refractivity contribution in [3.05, 3.63) is 23.4 Å². The average Bonchev–Trinajstić information content (AvgIpc) is 2.55. The van der Waals surface area contributed by atoms with Crippen LogP contribution >= 0.6 is 0 Å². The van der Waals surface area contributed by atoms with Gasteiger partial charge in [0.2, 0.25) is 0 Å². The van der Waals surface area contributed by atoms with E-state index in [1.165, 1.54) is 12.2 Å². The molecule has 24 heavy (non-hydrogen) atoms. The van der Waals surface area contributed by atoms with Gasteiger partial charge in [-0.05, 0) is 31.5 Å². The molecule has 0 aromatic carbocycles. The summed E-state index contributed by atoms with van der Waals surface area (Å²) in [5.74, 6) is -2.74. The van der Waals surface area contributed by atoms with Gasteiger partial charge in [0.05, 0.1) is 11.5 Å². The number of hydrogen-bond acceptors (Lipinski definition) is 4. The summed E-state index contributed by atoms with van der Waals surface area (Å²) in [6.07, 6.45) is 9.22. The fourth-order valence-electron chi connectivity index (χ4n) is 2.74. The molecule has 2 unspecified atom stereocenters. The van der Waals surface area contributed by atoms with Crippen LogP contribution in [0.15, 0.2) is 23.4 Å². The van der Waals surface area contributed by atoms with Gasteiger partial charge in [0.25, 0.3) is 0 Å². The molecule has 136 valence electrons. The minimum absolute atomic E-state index is 0.150. The quantitative estimate of drug-likeness (QED) is 0.408. The Bertz CT molecular complexity index is 485. The molecular weight excluding hydrogens is 308 g/mol. The summed E-state index contributed by atoms with van der Waals surface area (Å²) in [5, 5.41) is 25.2. The van der Waals surface area contributed by atoms with Crippen LogP contribution < -0.4 is 10.6 Å². The second-order valence-corrected chi connectivity index (χ2v) is 6.15. The van der Waals surface area contributed by atoms with E-state index in [0.717, 1.165) is 38.5 Å². The van der Waals surface area contributed by atoms with Crippen LogP contribution in [0.2, 0.25) is 0 Å². The van der Waals surface area contributed by atoms with E-state index in [1.807, 2.05) is 0 Å². The number of rotatable bonds is 12. The maximum absolute atomic E-state index is 11.6. The lowest BCUT2D eigenvalue weighted by Gasteiger charge is -2.27. The fraction of sp³-hybridized carbons (Fsp3) is 0.667. The molecular formula is C18H30N2O4. The monoisotopic (exact) mass is 338 g/mol. The van der Waals surface area contributed by atoms with Gasteiger partial charge in [-0.2, -0.15) is 0 Å². The number of hydrogen-bond donors (Lipinski definition) is 4. The van der Waals surface area contributed by atoms with Gasteiger partial charge < -0.3 is 20.8 Å². The Morgan fingerprint density at radius 1 is 1.00 bits per heavy atom. The maximum Gasteiger partial charge on any atom is 0.337 e. The zero-order chi connectivity index (χ0) is 17.9. The Morgan fingerprint density at radius 3 is 2.17 bits per heavy atom. The summed E-state index contributed by atoms with van der Waals surface area (Å²) >= 11 is 0. The Balaban J connectivity index is 2.82. The molecule has 1 aliphatic rings. The molecule has 0 aromatic heterocycles. The van der Waals surface area contributed by atoms with Crippen molar-refractivity contribution in [3.63, 3.8) is 0 Å². The molecule has 6 heteroatoms. The van der Waals surface area contributed by atoms with Crippen molar-refractivity contribution in [2.45, 2.75) is 58.4 Å². The van der Waals surface area contributed by atoms with E-state index < -0.39 is 23.9 Å². The third-order valence-corrected chi connectivity index (χ3v) is 4.14. The summed E-state index contributed by atoms with van der Waals surface area (Å²) < 4.78 is 0. The first-order chi connectivity index (χ1) is 11.5. The van der Waals surface area contributed by atoms with Crippen molar-refractivity contribution in [2.75, 3.05) is 13.1 Å². The zero-order valence-corrected chi connectivity index (χ0v) is 14.7. The van der Waals surface area contributed by atoms with E-state index in [-0.39, 0.29) is 5.57 Å². The number of carbonyl (C=O) groups is 2. The van der Waals surface area contributed by atoms with Crippen LogP contribution in [0.1, 0.15) is 52.4 Å². The maximum atomic E-state index is 11.6. The second kappa shape index (κ2) is 10.9. The Labute approximate surface area is 144 Å². The number of carboxylic acid groups (broad SMARTS) is 2. The highest BCUT2D eigenvalue weighted by atomic mass is 16.4. The molecule has 1 aliphatic carbocycles. The normalized spacial score (nSPS) is 20.2. The molecule has 0 fully saturated rings. The molecule has 0 aromatic rings. The van der Waals surface area contributed by atoms with E-state index >= 15 is 0 Å². The highest BCUT2D eigenvalue weighted by Crippen LogP contribution is 2.23. The smallest absolute Gasteiger partial charge is 0.337 e. The van der Waals surface area contributed by atoms with E-state index in [1.54, 1.807) is 0 Å². The van der Waals surface area contributed by atoms with E-state index in [0.29, 0.717) is 18.8 Å². The lowest BCUT2D eigenvalue weighted by molar-refractivity contribution is -0.141. The largest absolute Gasteiger partial charge is 0.481 e. The van der Waals surface area contributed by atoms with Crippen molar-refractivity contribution >= 4 is 11.9 Å². The lowest BCUT2D eigenvalue weighted by Crippen LogP contribution is -2.42. The van der Waals surface area contributed by atoms with E-state index in [2.05, 4.69) is 24.5 Å². The zero-order valence-electron chi connectivity index (χ0n) is 14.7. The molecule has 0 amide bonds. The van der Waals surface area contributed by atoms with Gasteiger partial charge in [0, 0.05) is 18.3 Å². The SMILES string of the molecule is CCCCCNC1=CC(C(=O)O)C(NCCCCC)C=C1C(=O)O. The number of carboxylic acids is 2. The van der Waals surface area contributed by atoms with Gasteiger partial charge in [0.15, 0.2) is 0 Å². The fourth-order valence-corrected chi connectivity index (χ4v) is 2.74. The minimum atomic E-state index is -1.03. The van der Waals surface area contributed by atoms with Crippen LogP contribution in [0.25, 0.3) is 0 Å². The first-order valence-corrected chi connectivity index (χ1v) is 8.88. The summed E-state index contributed by atoms with van der Waals surface area (Å²) in [7, 11) is 0. The second-order valence-electron chi connectivity index (χ2n) is 6.15. The predicted octanol–water partition coefficient (Wildman–Crippen LogP) is 2.52. The van der Waals surface area contributed by atoms with Crippen LogP contribution in [-0.4, -0.2) is 41.3 Å². The molecule has 6 nitrogen and oxygen atoms in total. The number of nitrogens with one attached hydrogen (secondary N) is 2. The summed E-state index contributed by atoms with van der Waals surface area (Å²) in [4.78, 5) is 23.1. The van der Waals surface area contributed by atoms with Crippen LogP contribution in [0.5, 0.6) is 0 Å². The molecule has 0 bridgehead atoms. The molecule has 2 atom stereocenters. The van der Waals surface area contributed by atoms with Gasteiger partial charge >= 0.3 is 11.9 Å². The standard InChI is InChI=1S/C18H30N2O4/c1-3-5-7-9-19-15-11-14(18(23)24)16(12-13(15)17(21)22)20-10-8-6-4-2/h11-13,15,19-20H,3-10H2,1-2H3,(H,21,22)(H,23,24). The summed E-state index contributed by atoms with van der Waals surface area (Å²) in [6, 6.07) is -0.494. The predicted molar refractivity (Wildman–Crippen MR) is 93.8 cm³/mol. The van der Waals surface area contributed by atoms with Crippen LogP contribution in [0, 0.1) is 5.92 Å². The molecule has 0 heterocycles. The lowest BCUT2D eigenvalue weighted by atomic mass is 9.89. The van der Waals surface area contributed by atoms with E-state index in [9.17, 15) is 19.8 Å². The molecule has 1 rings (SSSR count). The van der Waals surface area contributed by atoms with Gasteiger partial charge in [-0.1, -0.05) is 39.5 Å². The average molecular weight is 338 g/mol. The topological polar surface area (TPSA) is 98.7 Å². The van der Waals surface area contributed by atoms with Crippen LogP contribution in [0.3, 0.4) is 0 Å². The number of aliphatic carboxylic acids is 2. The van der Waals surface area contributed by atoms with Crippen LogP contribution in [0.4, 0.5) is 0 Å². The molecule has 0 saturated heterocycles. The first-order valence-electron chi connectivity index (χ1n) is 8.88. The van der Waals surface area contributed by atoms with Gasteiger partial charge in [-0.25, -0.2) is 4.79 Å². The summed E-state index contributed by atoms with van der Waals surface area (Å²) in [6.45, 7) is 5.52. The first kappa shape index (κ1) is 20.2. The van der Waals surface area contributed by atoms with Crippen molar-refractivity contribution in [1.29, 1.82) is 0 Å². The Morgan fingerprint density at radius 2 is 1.62 bits per heavy atom. The van der Waals surface area contributed by atoms with Crippen LogP contribution in [-0.2, 0) is 9.59 Å². The minimum Gasteiger partial charge on any atom is -0.481 e. The van der Waals surface area contributed by atoms with Gasteiger partial charge in [-0.3, -0.25) is 4.79 Å². The number of unbranched alkanes of at least 4 members (excludes halogenated alkanes) is 4. The molecule has 0 spiro atoms. The molecule has 4 N–H and O–H groups in total. The highest BCUT2D eigenvalue weighted by molar-refractivity contribution is 5.93. The molecule has 0 radical (unpaired) electrons. The van der Waals surface area contributed by atoms with E-state index in [4.69, 9.17) is 0 Å². The van der Waals surface area contributed by atoms with Gasteiger partial charge in [0.1, 0.15) is 0 Å². The van der Waals surface area contributed by atoms with Crippen molar-refractivity contribution in [1.82, 2.24) is 10.6 Å². The summed E-state index contributed by atoms with van der Waals surface area (Å²) in [5.41, 5.74) is 0.564. The van der Waals surface area contributed by atoms with Crippen molar-refractivity contribution in [3.8, 4) is 0 Å². The van der Waals surface area contributed by atoms with Crippen molar-refractivity contribution < 1.29 is 19.8 Å². The Kier molecular flexibility index (Phi) is 9.15. The Hall–Kier alpha value is -1.82. The van der Waals surface area contributed by atoms with Crippen molar-refractivity contribution in [2.24, 2.45) is 5.92 Å². The third kappa shape index (κ3) is 6.35. The highest BCUT2D eigenvalue weighted by Gasteiger charge is 2.31. The molecule has 0 saturated carbocycles.